The quantitative estimate of drug-likeness (QED) is 0.627. The van der Waals surface area contributed by atoms with Gasteiger partial charge in [-0.15, -0.1) is 0 Å². The van der Waals surface area contributed by atoms with Crippen molar-refractivity contribution < 1.29 is 17.9 Å². The van der Waals surface area contributed by atoms with Crippen LogP contribution in [-0.4, -0.2) is 28.5 Å². The van der Waals surface area contributed by atoms with Crippen LogP contribution in [0.2, 0.25) is 5.02 Å². The van der Waals surface area contributed by atoms with Crippen LogP contribution in [0, 0.1) is 0 Å². The average molecular weight is 431 g/mol. The zero-order valence-corrected chi connectivity index (χ0v) is 17.4. The fourth-order valence-electron chi connectivity index (χ4n) is 2.67. The van der Waals surface area contributed by atoms with Crippen molar-refractivity contribution in [2.45, 2.75) is 4.90 Å². The van der Waals surface area contributed by atoms with E-state index in [1.165, 1.54) is 38.4 Å². The second-order valence-corrected chi connectivity index (χ2v) is 8.53. The molecule has 3 aromatic carbocycles. The monoisotopic (exact) mass is 430 g/mol. The van der Waals surface area contributed by atoms with Gasteiger partial charge in [0, 0.05) is 17.6 Å². The SMILES string of the molecule is COc1ccccc1NC(=O)c1ccc(N(C)S(=O)(=O)c2ccc(Cl)cc2)cc1. The Balaban J connectivity index is 1.78. The maximum atomic E-state index is 12.8. The summed E-state index contributed by atoms with van der Waals surface area (Å²) in [7, 11) is -0.765. The molecule has 0 heterocycles. The molecule has 0 fully saturated rings. The van der Waals surface area contributed by atoms with Gasteiger partial charge in [-0.1, -0.05) is 23.7 Å². The van der Waals surface area contributed by atoms with Crippen molar-refractivity contribution in [2.24, 2.45) is 0 Å². The minimum Gasteiger partial charge on any atom is -0.495 e. The number of ether oxygens (including phenoxy) is 1. The van der Waals surface area contributed by atoms with Gasteiger partial charge in [-0.3, -0.25) is 9.10 Å². The Morgan fingerprint density at radius 1 is 0.966 bits per heavy atom. The Morgan fingerprint density at radius 2 is 1.59 bits per heavy atom. The van der Waals surface area contributed by atoms with Crippen LogP contribution in [0.25, 0.3) is 0 Å². The van der Waals surface area contributed by atoms with Gasteiger partial charge in [0.15, 0.2) is 0 Å². The third-order valence-electron chi connectivity index (χ3n) is 4.32. The van der Waals surface area contributed by atoms with E-state index in [0.29, 0.717) is 27.7 Å². The largest absolute Gasteiger partial charge is 0.495 e. The van der Waals surface area contributed by atoms with Crippen molar-refractivity contribution in [3.8, 4) is 5.75 Å². The van der Waals surface area contributed by atoms with Crippen molar-refractivity contribution in [3.05, 3.63) is 83.4 Å². The highest BCUT2D eigenvalue weighted by atomic mass is 35.5. The Labute approximate surface area is 174 Å². The number of hydrogen-bond acceptors (Lipinski definition) is 4. The molecule has 150 valence electrons. The average Bonchev–Trinajstić information content (AvgIpc) is 2.74. The minimum absolute atomic E-state index is 0.127. The Kier molecular flexibility index (Phi) is 6.10. The number of halogens is 1. The van der Waals surface area contributed by atoms with Gasteiger partial charge in [-0.25, -0.2) is 8.42 Å². The maximum absolute atomic E-state index is 12.8. The molecule has 0 bridgehead atoms. The molecule has 0 atom stereocenters. The zero-order valence-electron chi connectivity index (χ0n) is 15.8. The molecule has 0 aromatic heterocycles. The Morgan fingerprint density at radius 3 is 2.21 bits per heavy atom. The van der Waals surface area contributed by atoms with Crippen LogP contribution < -0.4 is 14.4 Å². The van der Waals surface area contributed by atoms with E-state index in [1.807, 2.05) is 0 Å². The van der Waals surface area contributed by atoms with Gasteiger partial charge in [0.25, 0.3) is 15.9 Å². The number of benzene rings is 3. The van der Waals surface area contributed by atoms with E-state index >= 15 is 0 Å². The van der Waals surface area contributed by atoms with Crippen molar-refractivity contribution in [2.75, 3.05) is 23.8 Å². The van der Waals surface area contributed by atoms with Gasteiger partial charge in [0.2, 0.25) is 0 Å². The summed E-state index contributed by atoms with van der Waals surface area (Å²) < 4.78 is 31.9. The lowest BCUT2D eigenvalue weighted by Crippen LogP contribution is -2.26. The number of rotatable bonds is 6. The van der Waals surface area contributed by atoms with E-state index < -0.39 is 10.0 Å². The van der Waals surface area contributed by atoms with E-state index in [2.05, 4.69) is 5.32 Å². The molecule has 0 aliphatic heterocycles. The molecule has 3 aromatic rings. The van der Waals surface area contributed by atoms with Crippen molar-refractivity contribution in [3.63, 3.8) is 0 Å². The number of nitrogens with one attached hydrogen (secondary N) is 1. The van der Waals surface area contributed by atoms with Gasteiger partial charge in [0.05, 0.1) is 23.4 Å². The Hall–Kier alpha value is -3.03. The molecule has 0 saturated heterocycles. The van der Waals surface area contributed by atoms with Crippen molar-refractivity contribution in [1.82, 2.24) is 0 Å². The third-order valence-corrected chi connectivity index (χ3v) is 6.37. The molecule has 1 amide bonds. The van der Waals surface area contributed by atoms with Gasteiger partial charge >= 0.3 is 0 Å². The van der Waals surface area contributed by atoms with Crippen LogP contribution >= 0.6 is 11.6 Å². The van der Waals surface area contributed by atoms with E-state index in [0.717, 1.165) is 4.31 Å². The summed E-state index contributed by atoms with van der Waals surface area (Å²) >= 11 is 5.83. The maximum Gasteiger partial charge on any atom is 0.264 e. The van der Waals surface area contributed by atoms with E-state index in [1.54, 1.807) is 48.5 Å². The molecule has 6 nitrogen and oxygen atoms in total. The van der Waals surface area contributed by atoms with Crippen LogP contribution in [0.5, 0.6) is 5.75 Å². The standard InChI is InChI=1S/C21H19ClN2O4S/c1-24(29(26,27)18-13-9-16(22)10-14-18)17-11-7-15(8-12-17)21(25)23-19-5-3-4-6-20(19)28-2/h3-14H,1-2H3,(H,23,25). The molecule has 0 radical (unpaired) electrons. The first-order chi connectivity index (χ1) is 13.8. The van der Waals surface area contributed by atoms with Gasteiger partial charge in [0.1, 0.15) is 5.75 Å². The fourth-order valence-corrected chi connectivity index (χ4v) is 3.99. The number of carbonyl (C=O) groups is 1. The highest BCUT2D eigenvalue weighted by Crippen LogP contribution is 2.26. The van der Waals surface area contributed by atoms with Crippen molar-refractivity contribution >= 4 is 38.9 Å². The molecule has 0 aliphatic carbocycles. The van der Waals surface area contributed by atoms with Gasteiger partial charge < -0.3 is 10.1 Å². The normalized spacial score (nSPS) is 11.0. The van der Waals surface area contributed by atoms with E-state index in [9.17, 15) is 13.2 Å². The number of methoxy groups -OCH3 is 1. The molecule has 3 rings (SSSR count). The number of carbonyl (C=O) groups excluding carboxylic acids is 1. The predicted octanol–water partition coefficient (Wildman–Crippen LogP) is 4.43. The Bertz CT molecular complexity index is 1110. The van der Waals surface area contributed by atoms with Crippen LogP contribution in [-0.2, 0) is 10.0 Å². The summed E-state index contributed by atoms with van der Waals surface area (Å²) in [5.74, 6) is 0.218. The summed E-state index contributed by atoms with van der Waals surface area (Å²) in [4.78, 5) is 12.6. The summed E-state index contributed by atoms with van der Waals surface area (Å²) in [5, 5.41) is 3.24. The number of hydrogen-bond donors (Lipinski definition) is 1. The summed E-state index contributed by atoms with van der Waals surface area (Å²) in [5.41, 5.74) is 1.36. The third kappa shape index (κ3) is 4.52. The molecule has 1 N–H and O–H groups in total. The number of sulfonamides is 1. The first-order valence-corrected chi connectivity index (χ1v) is 10.4. The molecule has 8 heteroatoms. The summed E-state index contributed by atoms with van der Waals surface area (Å²) in [6, 6.07) is 19.3. The topological polar surface area (TPSA) is 75.7 Å². The fraction of sp³-hybridized carbons (Fsp3) is 0.0952. The molecule has 29 heavy (non-hydrogen) atoms. The van der Waals surface area contributed by atoms with Crippen LogP contribution in [0.4, 0.5) is 11.4 Å². The lowest BCUT2D eigenvalue weighted by molar-refractivity contribution is 0.102. The number of para-hydroxylation sites is 2. The predicted molar refractivity (Wildman–Crippen MR) is 114 cm³/mol. The molecular weight excluding hydrogens is 412 g/mol. The second kappa shape index (κ2) is 8.55. The number of nitrogens with zero attached hydrogens (tertiary/aromatic N) is 1. The van der Waals surface area contributed by atoms with Crippen LogP contribution in [0.3, 0.4) is 0 Å². The summed E-state index contributed by atoms with van der Waals surface area (Å²) in [6.45, 7) is 0. The lowest BCUT2D eigenvalue weighted by atomic mass is 10.2. The number of amides is 1. The van der Waals surface area contributed by atoms with Crippen LogP contribution in [0.1, 0.15) is 10.4 Å². The smallest absolute Gasteiger partial charge is 0.264 e. The van der Waals surface area contributed by atoms with E-state index in [4.69, 9.17) is 16.3 Å². The summed E-state index contributed by atoms with van der Waals surface area (Å²) in [6.07, 6.45) is 0. The zero-order chi connectivity index (χ0) is 21.0. The molecule has 0 spiro atoms. The molecule has 0 aliphatic rings. The second-order valence-electron chi connectivity index (χ2n) is 6.13. The van der Waals surface area contributed by atoms with Crippen molar-refractivity contribution in [1.29, 1.82) is 0 Å². The lowest BCUT2D eigenvalue weighted by Gasteiger charge is -2.20. The van der Waals surface area contributed by atoms with Gasteiger partial charge in [-0.05, 0) is 60.7 Å². The first kappa shape index (κ1) is 20.7. The molecule has 0 saturated carbocycles. The van der Waals surface area contributed by atoms with Crippen LogP contribution in [0.15, 0.2) is 77.7 Å². The highest BCUT2D eigenvalue weighted by molar-refractivity contribution is 7.92. The van der Waals surface area contributed by atoms with Gasteiger partial charge in [-0.2, -0.15) is 0 Å². The first-order valence-electron chi connectivity index (χ1n) is 8.62. The minimum atomic E-state index is -3.74. The van der Waals surface area contributed by atoms with E-state index in [-0.39, 0.29) is 10.8 Å². The highest BCUT2D eigenvalue weighted by Gasteiger charge is 2.21. The molecular formula is C21H19ClN2O4S. The number of anilines is 2. The molecule has 0 unspecified atom stereocenters.